The van der Waals surface area contributed by atoms with E-state index < -0.39 is 11.7 Å². The summed E-state index contributed by atoms with van der Waals surface area (Å²) in [5.74, 6) is -0.0208. The molecule has 0 spiro atoms. The monoisotopic (exact) mass is 300 g/mol. The van der Waals surface area contributed by atoms with Crippen LogP contribution in [0.15, 0.2) is 24.3 Å². The molecule has 0 saturated carbocycles. The molecule has 1 atom stereocenters. The molecule has 3 nitrogen and oxygen atoms in total. The predicted octanol–water partition coefficient (Wildman–Crippen LogP) is 2.46. The van der Waals surface area contributed by atoms with E-state index >= 15 is 0 Å². The van der Waals surface area contributed by atoms with Gasteiger partial charge in [-0.2, -0.15) is 13.2 Å². The van der Waals surface area contributed by atoms with Crippen molar-refractivity contribution in [2.24, 2.45) is 0 Å². The zero-order valence-corrected chi connectivity index (χ0v) is 11.9. The van der Waals surface area contributed by atoms with Crippen LogP contribution in [0.3, 0.4) is 0 Å². The Morgan fingerprint density at radius 1 is 1.33 bits per heavy atom. The number of likely N-dealkylation sites (tertiary alicyclic amines) is 1. The Kier molecular flexibility index (Phi) is 4.88. The van der Waals surface area contributed by atoms with Gasteiger partial charge in [0.25, 0.3) is 0 Å². The number of hydrogen-bond acceptors (Lipinski definition) is 2. The highest BCUT2D eigenvalue weighted by Gasteiger charge is 2.31. The summed E-state index contributed by atoms with van der Waals surface area (Å²) in [4.78, 5) is 14.1. The van der Waals surface area contributed by atoms with Gasteiger partial charge in [-0.1, -0.05) is 12.1 Å². The molecule has 1 aromatic carbocycles. The van der Waals surface area contributed by atoms with Crippen LogP contribution in [0, 0.1) is 0 Å². The first-order chi connectivity index (χ1) is 9.91. The summed E-state index contributed by atoms with van der Waals surface area (Å²) in [6.45, 7) is 1.48. The van der Waals surface area contributed by atoms with Gasteiger partial charge in [0.15, 0.2) is 0 Å². The fourth-order valence-electron chi connectivity index (χ4n) is 2.70. The minimum Gasteiger partial charge on any atom is -0.338 e. The molecule has 1 aliphatic heterocycles. The van der Waals surface area contributed by atoms with Gasteiger partial charge in [-0.15, -0.1) is 0 Å². The quantitative estimate of drug-likeness (QED) is 0.926. The first kappa shape index (κ1) is 15.8. The van der Waals surface area contributed by atoms with Crippen molar-refractivity contribution in [2.75, 3.05) is 20.1 Å². The highest BCUT2D eigenvalue weighted by molar-refractivity contribution is 5.79. The first-order valence-electron chi connectivity index (χ1n) is 7.02. The molecule has 116 valence electrons. The van der Waals surface area contributed by atoms with Crippen LogP contribution < -0.4 is 5.32 Å². The maximum Gasteiger partial charge on any atom is 0.416 e. The number of alkyl halides is 3. The Hall–Kier alpha value is -1.56. The van der Waals surface area contributed by atoms with E-state index in [0.29, 0.717) is 5.56 Å². The molecule has 1 heterocycles. The highest BCUT2D eigenvalue weighted by Crippen LogP contribution is 2.29. The van der Waals surface area contributed by atoms with Crippen LogP contribution in [-0.2, 0) is 17.4 Å². The molecule has 1 aromatic rings. The van der Waals surface area contributed by atoms with Crippen LogP contribution in [0.5, 0.6) is 0 Å². The van der Waals surface area contributed by atoms with E-state index in [1.165, 1.54) is 12.1 Å². The smallest absolute Gasteiger partial charge is 0.338 e. The molecule has 0 aromatic heterocycles. The normalized spacial score (nSPS) is 19.0. The molecule has 0 bridgehead atoms. The van der Waals surface area contributed by atoms with E-state index in [2.05, 4.69) is 5.32 Å². The number of carbonyl (C=O) groups is 1. The molecule has 1 N–H and O–H groups in total. The number of nitrogens with zero attached hydrogens (tertiary/aromatic N) is 1. The van der Waals surface area contributed by atoms with Crippen LogP contribution in [0.1, 0.15) is 24.0 Å². The highest BCUT2D eigenvalue weighted by atomic mass is 19.4. The Balaban J connectivity index is 1.99. The molecule has 0 radical (unpaired) electrons. The average molecular weight is 300 g/mol. The van der Waals surface area contributed by atoms with Crippen LogP contribution in [0.4, 0.5) is 13.2 Å². The van der Waals surface area contributed by atoms with Gasteiger partial charge >= 0.3 is 6.18 Å². The van der Waals surface area contributed by atoms with Gasteiger partial charge in [0.05, 0.1) is 12.0 Å². The zero-order chi connectivity index (χ0) is 15.5. The molecule has 1 amide bonds. The Morgan fingerprint density at radius 3 is 2.57 bits per heavy atom. The van der Waals surface area contributed by atoms with E-state index in [-0.39, 0.29) is 18.4 Å². The summed E-state index contributed by atoms with van der Waals surface area (Å²) in [7, 11) is 1.84. The van der Waals surface area contributed by atoms with Gasteiger partial charge in [-0.3, -0.25) is 4.79 Å². The van der Waals surface area contributed by atoms with Crippen molar-refractivity contribution >= 4 is 5.91 Å². The van der Waals surface area contributed by atoms with Crippen LogP contribution in [0.2, 0.25) is 0 Å². The molecule has 21 heavy (non-hydrogen) atoms. The predicted molar refractivity (Wildman–Crippen MR) is 73.8 cm³/mol. The summed E-state index contributed by atoms with van der Waals surface area (Å²) < 4.78 is 37.4. The summed E-state index contributed by atoms with van der Waals surface area (Å²) in [6, 6.07) is 5.00. The molecule has 2 rings (SSSR count). The number of carbonyl (C=O) groups excluding carboxylic acids is 1. The average Bonchev–Trinajstić information content (AvgIpc) is 2.87. The topological polar surface area (TPSA) is 32.3 Å². The van der Waals surface area contributed by atoms with Crippen LogP contribution >= 0.6 is 0 Å². The lowest BCUT2D eigenvalue weighted by atomic mass is 10.1. The first-order valence-corrected chi connectivity index (χ1v) is 7.02. The Morgan fingerprint density at radius 2 is 2.00 bits per heavy atom. The molecular weight excluding hydrogens is 281 g/mol. The molecular formula is C15H19F3N2O. The Bertz CT molecular complexity index is 485. The number of likely N-dealkylation sites (N-methyl/N-ethyl adjacent to an activating group) is 1. The third-order valence-electron chi connectivity index (χ3n) is 3.77. The SMILES string of the molecule is CNCC1CCCN1C(=O)Cc1ccc(C(F)(F)F)cc1. The largest absolute Gasteiger partial charge is 0.416 e. The van der Waals surface area contributed by atoms with Gasteiger partial charge in [0.1, 0.15) is 0 Å². The number of hydrogen-bond donors (Lipinski definition) is 1. The fraction of sp³-hybridized carbons (Fsp3) is 0.533. The van der Waals surface area contributed by atoms with Crippen molar-refractivity contribution < 1.29 is 18.0 Å². The lowest BCUT2D eigenvalue weighted by molar-refractivity contribution is -0.137. The number of rotatable bonds is 4. The lowest BCUT2D eigenvalue weighted by Crippen LogP contribution is -2.41. The third kappa shape index (κ3) is 3.97. The third-order valence-corrected chi connectivity index (χ3v) is 3.77. The molecule has 0 aliphatic carbocycles. The molecule has 6 heteroatoms. The van der Waals surface area contributed by atoms with Crippen molar-refractivity contribution in [3.8, 4) is 0 Å². The number of benzene rings is 1. The second kappa shape index (κ2) is 6.47. The van der Waals surface area contributed by atoms with Crippen molar-refractivity contribution in [1.82, 2.24) is 10.2 Å². The maximum atomic E-state index is 12.5. The van der Waals surface area contributed by atoms with E-state index in [9.17, 15) is 18.0 Å². The van der Waals surface area contributed by atoms with Crippen molar-refractivity contribution in [3.05, 3.63) is 35.4 Å². The molecule has 1 saturated heterocycles. The summed E-state index contributed by atoms with van der Waals surface area (Å²) >= 11 is 0. The van der Waals surface area contributed by atoms with Crippen LogP contribution in [0.25, 0.3) is 0 Å². The van der Waals surface area contributed by atoms with E-state index in [0.717, 1.165) is 38.1 Å². The van der Waals surface area contributed by atoms with Gasteiger partial charge in [-0.05, 0) is 37.6 Å². The zero-order valence-electron chi connectivity index (χ0n) is 11.9. The number of halogens is 3. The van der Waals surface area contributed by atoms with Gasteiger partial charge in [0, 0.05) is 19.1 Å². The number of nitrogens with one attached hydrogen (secondary N) is 1. The molecule has 1 fully saturated rings. The van der Waals surface area contributed by atoms with Gasteiger partial charge in [-0.25, -0.2) is 0 Å². The standard InChI is InChI=1S/C15H19F3N2O/c1-19-10-13-3-2-8-20(13)14(21)9-11-4-6-12(7-5-11)15(16,17)18/h4-7,13,19H,2-3,8-10H2,1H3. The van der Waals surface area contributed by atoms with Crippen molar-refractivity contribution in [1.29, 1.82) is 0 Å². The van der Waals surface area contributed by atoms with Crippen molar-refractivity contribution in [3.63, 3.8) is 0 Å². The van der Waals surface area contributed by atoms with E-state index in [1.54, 1.807) is 0 Å². The Labute approximate surface area is 122 Å². The second-order valence-electron chi connectivity index (χ2n) is 5.31. The van der Waals surface area contributed by atoms with Gasteiger partial charge < -0.3 is 10.2 Å². The summed E-state index contributed by atoms with van der Waals surface area (Å²) in [6.07, 6.45) is -2.24. The van der Waals surface area contributed by atoms with E-state index in [1.807, 2.05) is 11.9 Å². The fourth-order valence-corrected chi connectivity index (χ4v) is 2.70. The van der Waals surface area contributed by atoms with Gasteiger partial charge in [0.2, 0.25) is 5.91 Å². The molecule has 1 aliphatic rings. The summed E-state index contributed by atoms with van der Waals surface area (Å²) in [5.41, 5.74) is -0.0731. The molecule has 1 unspecified atom stereocenters. The van der Waals surface area contributed by atoms with Crippen LogP contribution in [-0.4, -0.2) is 37.0 Å². The number of amides is 1. The van der Waals surface area contributed by atoms with E-state index in [4.69, 9.17) is 0 Å². The minimum atomic E-state index is -4.34. The lowest BCUT2D eigenvalue weighted by Gasteiger charge is -2.24. The van der Waals surface area contributed by atoms with Crippen molar-refractivity contribution in [2.45, 2.75) is 31.5 Å². The summed E-state index contributed by atoms with van der Waals surface area (Å²) in [5, 5.41) is 3.06. The maximum absolute atomic E-state index is 12.5. The minimum absolute atomic E-state index is 0.0208. The second-order valence-corrected chi connectivity index (χ2v) is 5.31.